The van der Waals surface area contributed by atoms with E-state index >= 15 is 0 Å². The minimum Gasteiger partial charge on any atom is -0.361 e. The van der Waals surface area contributed by atoms with E-state index in [1.54, 1.807) is 0 Å². The molecule has 13 heavy (non-hydrogen) atoms. The Labute approximate surface area is 77.0 Å². The number of aryl methyl sites for hydroxylation is 2. The molecule has 2 rings (SSSR count). The zero-order chi connectivity index (χ0) is 9.47. The molecule has 4 nitrogen and oxygen atoms in total. The smallest absolute Gasteiger partial charge is 0.137 e. The molecule has 0 saturated heterocycles. The standard InChI is InChI=1S/C9H14N2O2/c1-6-8(7(2)13-11-6)9(3-4-9)5-12-10/h3-5,10H2,1-2H3. The largest absolute Gasteiger partial charge is 0.361 e. The van der Waals surface area contributed by atoms with Gasteiger partial charge in [0.2, 0.25) is 0 Å². The van der Waals surface area contributed by atoms with Crippen LogP contribution in [0.1, 0.15) is 29.9 Å². The van der Waals surface area contributed by atoms with Gasteiger partial charge in [-0.25, -0.2) is 5.90 Å². The van der Waals surface area contributed by atoms with Crippen molar-refractivity contribution < 1.29 is 9.36 Å². The van der Waals surface area contributed by atoms with Crippen LogP contribution < -0.4 is 5.90 Å². The monoisotopic (exact) mass is 182 g/mol. The lowest BCUT2D eigenvalue weighted by atomic mass is 9.95. The topological polar surface area (TPSA) is 61.3 Å². The van der Waals surface area contributed by atoms with Gasteiger partial charge in [0.05, 0.1) is 12.3 Å². The van der Waals surface area contributed by atoms with Crippen LogP contribution in [0.5, 0.6) is 0 Å². The maximum atomic E-state index is 5.12. The summed E-state index contributed by atoms with van der Waals surface area (Å²) in [7, 11) is 0. The van der Waals surface area contributed by atoms with Crippen LogP contribution in [0.2, 0.25) is 0 Å². The summed E-state index contributed by atoms with van der Waals surface area (Å²) >= 11 is 0. The van der Waals surface area contributed by atoms with Crippen molar-refractivity contribution in [3.63, 3.8) is 0 Å². The maximum absolute atomic E-state index is 5.12. The van der Waals surface area contributed by atoms with Crippen molar-refractivity contribution >= 4 is 0 Å². The number of nitrogens with two attached hydrogens (primary N) is 1. The SMILES string of the molecule is Cc1noc(C)c1C1(CON)CC1. The quantitative estimate of drug-likeness (QED) is 0.714. The predicted molar refractivity (Wildman–Crippen MR) is 47.0 cm³/mol. The highest BCUT2D eigenvalue weighted by atomic mass is 16.6. The van der Waals surface area contributed by atoms with E-state index in [0.29, 0.717) is 6.61 Å². The lowest BCUT2D eigenvalue weighted by Crippen LogP contribution is -2.19. The second kappa shape index (κ2) is 2.82. The summed E-state index contributed by atoms with van der Waals surface area (Å²) in [6, 6.07) is 0. The minimum absolute atomic E-state index is 0.100. The fourth-order valence-electron chi connectivity index (χ4n) is 2.02. The molecule has 72 valence electrons. The Morgan fingerprint density at radius 3 is 2.62 bits per heavy atom. The van der Waals surface area contributed by atoms with Crippen LogP contribution in [0.25, 0.3) is 0 Å². The van der Waals surface area contributed by atoms with Crippen LogP contribution in [-0.2, 0) is 10.3 Å². The van der Waals surface area contributed by atoms with Crippen molar-refractivity contribution in [2.45, 2.75) is 32.1 Å². The summed E-state index contributed by atoms with van der Waals surface area (Å²) in [5.41, 5.74) is 2.26. The summed E-state index contributed by atoms with van der Waals surface area (Å²) in [5, 5.41) is 3.93. The summed E-state index contributed by atoms with van der Waals surface area (Å²) in [6.45, 7) is 4.46. The maximum Gasteiger partial charge on any atom is 0.137 e. The van der Waals surface area contributed by atoms with E-state index in [-0.39, 0.29) is 5.41 Å². The Morgan fingerprint density at radius 1 is 1.54 bits per heavy atom. The van der Waals surface area contributed by atoms with Gasteiger partial charge in [0.15, 0.2) is 0 Å². The van der Waals surface area contributed by atoms with Gasteiger partial charge in [-0.3, -0.25) is 0 Å². The third kappa shape index (κ3) is 1.26. The number of rotatable bonds is 3. The molecule has 0 amide bonds. The zero-order valence-electron chi connectivity index (χ0n) is 7.96. The normalized spacial score (nSPS) is 19.0. The van der Waals surface area contributed by atoms with Gasteiger partial charge in [-0.2, -0.15) is 0 Å². The van der Waals surface area contributed by atoms with Crippen molar-refractivity contribution in [2.24, 2.45) is 5.90 Å². The summed E-state index contributed by atoms with van der Waals surface area (Å²) in [6.07, 6.45) is 2.24. The van der Waals surface area contributed by atoms with Gasteiger partial charge in [-0.1, -0.05) is 5.16 Å². The van der Waals surface area contributed by atoms with Crippen LogP contribution in [-0.4, -0.2) is 11.8 Å². The molecule has 2 N–H and O–H groups in total. The zero-order valence-corrected chi connectivity index (χ0v) is 7.96. The number of nitrogens with zero attached hydrogens (tertiary/aromatic N) is 1. The second-order valence-electron chi connectivity index (χ2n) is 3.79. The molecule has 0 aliphatic heterocycles. The van der Waals surface area contributed by atoms with Crippen LogP contribution in [0.15, 0.2) is 4.52 Å². The van der Waals surface area contributed by atoms with E-state index in [0.717, 1.165) is 24.3 Å². The van der Waals surface area contributed by atoms with Gasteiger partial charge in [0, 0.05) is 11.0 Å². The van der Waals surface area contributed by atoms with Gasteiger partial charge in [-0.05, 0) is 26.7 Å². The number of aromatic nitrogens is 1. The van der Waals surface area contributed by atoms with E-state index in [2.05, 4.69) is 5.16 Å². The van der Waals surface area contributed by atoms with Gasteiger partial charge in [0.25, 0.3) is 0 Å². The molecule has 1 saturated carbocycles. The first-order valence-corrected chi connectivity index (χ1v) is 4.45. The molecule has 1 aromatic heterocycles. The molecular weight excluding hydrogens is 168 g/mol. The van der Waals surface area contributed by atoms with Crippen molar-refractivity contribution in [3.8, 4) is 0 Å². The van der Waals surface area contributed by atoms with Gasteiger partial charge in [0.1, 0.15) is 5.76 Å². The van der Waals surface area contributed by atoms with Crippen molar-refractivity contribution in [1.82, 2.24) is 5.16 Å². The lowest BCUT2D eigenvalue weighted by Gasteiger charge is -2.12. The van der Waals surface area contributed by atoms with E-state index in [4.69, 9.17) is 15.3 Å². The molecule has 4 heteroatoms. The highest BCUT2D eigenvalue weighted by Crippen LogP contribution is 2.50. The summed E-state index contributed by atoms with van der Waals surface area (Å²) in [5.74, 6) is 6.01. The first kappa shape index (κ1) is 8.72. The Kier molecular flexibility index (Phi) is 1.89. The molecule has 1 fully saturated rings. The van der Waals surface area contributed by atoms with Crippen molar-refractivity contribution in [3.05, 3.63) is 17.0 Å². The highest BCUT2D eigenvalue weighted by Gasteiger charge is 2.48. The van der Waals surface area contributed by atoms with Crippen LogP contribution in [0.4, 0.5) is 0 Å². The first-order chi connectivity index (χ1) is 6.19. The molecule has 1 aliphatic carbocycles. The number of hydrogen-bond donors (Lipinski definition) is 1. The Hall–Kier alpha value is -0.870. The van der Waals surface area contributed by atoms with E-state index < -0.39 is 0 Å². The highest BCUT2D eigenvalue weighted by molar-refractivity contribution is 5.36. The molecule has 1 heterocycles. The first-order valence-electron chi connectivity index (χ1n) is 4.45. The molecule has 1 aliphatic rings. The minimum atomic E-state index is 0.100. The van der Waals surface area contributed by atoms with Crippen molar-refractivity contribution in [1.29, 1.82) is 0 Å². The van der Waals surface area contributed by atoms with Crippen LogP contribution in [0.3, 0.4) is 0 Å². The fraction of sp³-hybridized carbons (Fsp3) is 0.667. The van der Waals surface area contributed by atoms with Crippen molar-refractivity contribution in [2.75, 3.05) is 6.61 Å². The molecule has 0 bridgehead atoms. The second-order valence-corrected chi connectivity index (χ2v) is 3.79. The average molecular weight is 182 g/mol. The van der Waals surface area contributed by atoms with Gasteiger partial charge < -0.3 is 9.36 Å². The summed E-state index contributed by atoms with van der Waals surface area (Å²) < 4.78 is 5.12. The lowest BCUT2D eigenvalue weighted by molar-refractivity contribution is 0.115. The molecule has 0 unspecified atom stereocenters. The predicted octanol–water partition coefficient (Wildman–Crippen LogP) is 1.21. The van der Waals surface area contributed by atoms with Gasteiger partial charge >= 0.3 is 0 Å². The molecule has 0 atom stereocenters. The molecule has 0 aromatic carbocycles. The fourth-order valence-corrected chi connectivity index (χ4v) is 2.02. The van der Waals surface area contributed by atoms with Crippen LogP contribution in [0, 0.1) is 13.8 Å². The van der Waals surface area contributed by atoms with Gasteiger partial charge in [-0.15, -0.1) is 0 Å². The van der Waals surface area contributed by atoms with E-state index in [1.165, 1.54) is 5.56 Å². The average Bonchev–Trinajstić information content (AvgIpc) is 2.76. The summed E-state index contributed by atoms with van der Waals surface area (Å²) in [4.78, 5) is 4.73. The molecular formula is C9H14N2O2. The molecule has 1 aromatic rings. The third-order valence-electron chi connectivity index (χ3n) is 2.78. The molecule has 0 spiro atoms. The third-order valence-corrected chi connectivity index (χ3v) is 2.78. The Bertz CT molecular complexity index is 296. The van der Waals surface area contributed by atoms with E-state index in [9.17, 15) is 0 Å². The molecule has 0 radical (unpaired) electrons. The Balaban J connectivity index is 2.34. The van der Waals surface area contributed by atoms with E-state index in [1.807, 2.05) is 13.8 Å². The Morgan fingerprint density at radius 2 is 2.23 bits per heavy atom. The number of hydrogen-bond acceptors (Lipinski definition) is 4. The van der Waals surface area contributed by atoms with Crippen LogP contribution >= 0.6 is 0 Å².